The largest absolute Gasteiger partial charge is 0.480 e. The van der Waals surface area contributed by atoms with Gasteiger partial charge in [0.05, 0.1) is 0 Å². The van der Waals surface area contributed by atoms with Crippen molar-refractivity contribution in [3.05, 3.63) is 59.7 Å². The molecule has 1 N–H and O–H groups in total. The predicted molar refractivity (Wildman–Crippen MR) is 124 cm³/mol. The quantitative estimate of drug-likeness (QED) is 0.285. The van der Waals surface area contributed by atoms with E-state index in [1.165, 1.54) is 49.7 Å². The summed E-state index contributed by atoms with van der Waals surface area (Å²) in [6.45, 7) is 6.23. The second-order valence-corrected chi connectivity index (χ2v) is 8.66. The summed E-state index contributed by atoms with van der Waals surface area (Å²) >= 11 is 6.12. The van der Waals surface area contributed by atoms with Crippen LogP contribution in [0.5, 0.6) is 0 Å². The summed E-state index contributed by atoms with van der Waals surface area (Å²) in [4.78, 5) is 11.3. The zero-order chi connectivity index (χ0) is 21.2. The number of carboxylic acids is 1. The molecule has 0 spiro atoms. The molecule has 1 unspecified atom stereocenters. The Morgan fingerprint density at radius 1 is 0.931 bits per heavy atom. The van der Waals surface area contributed by atoms with Crippen molar-refractivity contribution in [2.45, 2.75) is 77.0 Å². The SMILES string of the molecule is CCCCCCCCc1ccc(-c2ccccc2C(C)[C@H](C)[C@H](Cl)C(=O)O)cc1. The number of rotatable bonds is 12. The lowest BCUT2D eigenvalue weighted by molar-refractivity contribution is -0.137. The van der Waals surface area contributed by atoms with Crippen LogP contribution in [0, 0.1) is 5.92 Å². The summed E-state index contributed by atoms with van der Waals surface area (Å²) in [5, 5.41) is 8.37. The molecule has 0 aliphatic rings. The molecule has 0 amide bonds. The second kappa shape index (κ2) is 12.0. The number of halogens is 1. The first-order valence-corrected chi connectivity index (χ1v) is 11.4. The van der Waals surface area contributed by atoms with Crippen LogP contribution in [-0.4, -0.2) is 16.5 Å². The Labute approximate surface area is 181 Å². The van der Waals surface area contributed by atoms with Crippen molar-refractivity contribution in [2.24, 2.45) is 5.92 Å². The first-order chi connectivity index (χ1) is 14.0. The van der Waals surface area contributed by atoms with Crippen molar-refractivity contribution < 1.29 is 9.90 Å². The van der Waals surface area contributed by atoms with Crippen LogP contribution in [0.3, 0.4) is 0 Å². The smallest absolute Gasteiger partial charge is 0.321 e. The van der Waals surface area contributed by atoms with Crippen molar-refractivity contribution in [2.75, 3.05) is 0 Å². The van der Waals surface area contributed by atoms with E-state index in [0.29, 0.717) is 0 Å². The summed E-state index contributed by atoms with van der Waals surface area (Å²) in [5.41, 5.74) is 4.87. The Morgan fingerprint density at radius 3 is 2.21 bits per heavy atom. The number of alkyl halides is 1. The lowest BCUT2D eigenvalue weighted by atomic mass is 9.82. The fourth-order valence-corrected chi connectivity index (χ4v) is 4.10. The van der Waals surface area contributed by atoms with Crippen LogP contribution >= 0.6 is 11.6 Å². The second-order valence-electron chi connectivity index (χ2n) is 8.19. The monoisotopic (exact) mass is 414 g/mol. The van der Waals surface area contributed by atoms with Gasteiger partial charge in [-0.25, -0.2) is 0 Å². The van der Waals surface area contributed by atoms with Crippen molar-refractivity contribution >= 4 is 17.6 Å². The van der Waals surface area contributed by atoms with Crippen LogP contribution < -0.4 is 0 Å². The van der Waals surface area contributed by atoms with E-state index in [0.717, 1.165) is 17.5 Å². The molecule has 0 saturated heterocycles. The lowest BCUT2D eigenvalue weighted by Gasteiger charge is -2.25. The number of carbonyl (C=O) groups is 1. The van der Waals surface area contributed by atoms with E-state index in [2.05, 4.69) is 50.2 Å². The molecule has 29 heavy (non-hydrogen) atoms. The van der Waals surface area contributed by atoms with Crippen molar-refractivity contribution in [1.29, 1.82) is 0 Å². The molecule has 3 atom stereocenters. The molecule has 0 heterocycles. The van der Waals surface area contributed by atoms with E-state index in [9.17, 15) is 9.90 Å². The van der Waals surface area contributed by atoms with Gasteiger partial charge in [0.2, 0.25) is 0 Å². The van der Waals surface area contributed by atoms with Gasteiger partial charge in [0.1, 0.15) is 5.38 Å². The fraction of sp³-hybridized carbons (Fsp3) is 0.500. The van der Waals surface area contributed by atoms with Crippen molar-refractivity contribution in [3.63, 3.8) is 0 Å². The molecule has 0 fully saturated rings. The maximum absolute atomic E-state index is 11.3. The lowest BCUT2D eigenvalue weighted by Crippen LogP contribution is -2.26. The molecular weight excluding hydrogens is 380 g/mol. The van der Waals surface area contributed by atoms with E-state index < -0.39 is 11.3 Å². The number of carboxylic acid groups (broad SMARTS) is 1. The zero-order valence-electron chi connectivity index (χ0n) is 18.0. The van der Waals surface area contributed by atoms with Crippen LogP contribution in [0.2, 0.25) is 0 Å². The Hall–Kier alpha value is -1.80. The van der Waals surface area contributed by atoms with E-state index in [1.807, 2.05) is 19.1 Å². The van der Waals surface area contributed by atoms with Crippen LogP contribution in [0.4, 0.5) is 0 Å². The number of hydrogen-bond donors (Lipinski definition) is 1. The van der Waals surface area contributed by atoms with Gasteiger partial charge in [-0.05, 0) is 46.9 Å². The number of aryl methyl sites for hydroxylation is 1. The number of unbranched alkanes of at least 4 members (excludes halogenated alkanes) is 5. The molecule has 158 valence electrons. The third-order valence-corrected chi connectivity index (χ3v) is 6.61. The highest BCUT2D eigenvalue weighted by Crippen LogP contribution is 2.36. The minimum Gasteiger partial charge on any atom is -0.480 e. The molecule has 0 saturated carbocycles. The molecule has 0 radical (unpaired) electrons. The molecule has 0 aliphatic carbocycles. The summed E-state index contributed by atoms with van der Waals surface area (Å²) in [5.74, 6) is -1.07. The van der Waals surface area contributed by atoms with E-state index >= 15 is 0 Å². The highest BCUT2D eigenvalue weighted by molar-refractivity contribution is 6.29. The molecule has 2 aromatic carbocycles. The summed E-state index contributed by atoms with van der Waals surface area (Å²) in [6, 6.07) is 17.1. The topological polar surface area (TPSA) is 37.3 Å². The normalized spacial score (nSPS) is 14.3. The van der Waals surface area contributed by atoms with Crippen LogP contribution in [0.1, 0.15) is 76.3 Å². The fourth-order valence-electron chi connectivity index (χ4n) is 3.88. The van der Waals surface area contributed by atoms with Crippen LogP contribution in [-0.2, 0) is 11.2 Å². The van der Waals surface area contributed by atoms with Crippen LogP contribution in [0.15, 0.2) is 48.5 Å². The van der Waals surface area contributed by atoms with Gasteiger partial charge in [-0.1, -0.05) is 101 Å². The molecule has 2 nitrogen and oxygen atoms in total. The summed E-state index contributed by atoms with van der Waals surface area (Å²) in [7, 11) is 0. The van der Waals surface area contributed by atoms with Crippen molar-refractivity contribution in [1.82, 2.24) is 0 Å². The Bertz CT molecular complexity index is 754. The molecule has 3 heteroatoms. The third kappa shape index (κ3) is 6.89. The Balaban J connectivity index is 2.06. The molecule has 0 aliphatic heterocycles. The first-order valence-electron chi connectivity index (χ1n) is 11.0. The van der Waals surface area contributed by atoms with Crippen LogP contribution in [0.25, 0.3) is 11.1 Å². The molecule has 2 aromatic rings. The Kier molecular flexibility index (Phi) is 9.73. The molecule has 2 rings (SSSR count). The third-order valence-electron chi connectivity index (χ3n) is 6.02. The minimum atomic E-state index is -0.956. The van der Waals surface area contributed by atoms with Gasteiger partial charge in [0.25, 0.3) is 0 Å². The van der Waals surface area contributed by atoms with Gasteiger partial charge in [0.15, 0.2) is 0 Å². The average molecular weight is 415 g/mol. The van der Waals surface area contributed by atoms with Gasteiger partial charge in [-0.15, -0.1) is 11.6 Å². The van der Waals surface area contributed by atoms with Gasteiger partial charge in [0, 0.05) is 0 Å². The minimum absolute atomic E-state index is 0.0487. The van der Waals surface area contributed by atoms with E-state index in [1.54, 1.807) is 0 Å². The first kappa shape index (κ1) is 23.5. The van der Waals surface area contributed by atoms with Gasteiger partial charge < -0.3 is 5.11 Å². The summed E-state index contributed by atoms with van der Waals surface area (Å²) < 4.78 is 0. The molecule has 0 aromatic heterocycles. The van der Waals surface area contributed by atoms with E-state index in [4.69, 9.17) is 11.6 Å². The highest BCUT2D eigenvalue weighted by atomic mass is 35.5. The number of hydrogen-bond acceptors (Lipinski definition) is 1. The number of benzene rings is 2. The maximum Gasteiger partial charge on any atom is 0.321 e. The standard InChI is InChI=1S/C26H35ClO2/c1-4-5-6-7-8-9-12-21-15-17-22(18-16-21)24-14-11-10-13-23(24)19(2)20(3)25(27)26(28)29/h10-11,13-20,25H,4-9,12H2,1-3H3,(H,28,29)/t19?,20-,25-/m0/s1. The van der Waals surface area contributed by atoms with E-state index in [-0.39, 0.29) is 11.8 Å². The average Bonchev–Trinajstić information content (AvgIpc) is 2.75. The zero-order valence-corrected chi connectivity index (χ0v) is 18.8. The van der Waals surface area contributed by atoms with Gasteiger partial charge in [-0.3, -0.25) is 4.79 Å². The predicted octanol–water partition coefficient (Wildman–Crippen LogP) is 7.69. The molecule has 0 bridgehead atoms. The van der Waals surface area contributed by atoms with Gasteiger partial charge in [-0.2, -0.15) is 0 Å². The molecular formula is C26H35ClO2. The summed E-state index contributed by atoms with van der Waals surface area (Å²) in [6.07, 6.45) is 9.03. The Morgan fingerprint density at radius 2 is 1.55 bits per heavy atom. The highest BCUT2D eigenvalue weighted by Gasteiger charge is 2.28. The van der Waals surface area contributed by atoms with Crippen molar-refractivity contribution in [3.8, 4) is 11.1 Å². The number of aliphatic carboxylic acids is 1. The maximum atomic E-state index is 11.3. The van der Waals surface area contributed by atoms with Gasteiger partial charge >= 0.3 is 5.97 Å².